The predicted octanol–water partition coefficient (Wildman–Crippen LogP) is 9.45. The normalized spacial score (nSPS) is 12.0. The Hall–Kier alpha value is -1.39. The van der Waals surface area contributed by atoms with Crippen LogP contribution in [0.4, 0.5) is 0 Å². The lowest BCUT2D eigenvalue weighted by Gasteiger charge is -2.14. The molecule has 192 valence electrons. The standard InChI is InChI=1S/C30H48O3S/c1-3-5-7-9-11-13-15-17-19-26-21-22-27-25-28(34(31,32)33)23-24-30(27)29(26)20-18-16-14-12-10-8-6-4-2/h21-25H,3-20H2,1-2H3,(H,31,32,33). The van der Waals surface area contributed by atoms with Crippen molar-refractivity contribution in [1.29, 1.82) is 0 Å². The van der Waals surface area contributed by atoms with E-state index in [-0.39, 0.29) is 4.90 Å². The van der Waals surface area contributed by atoms with Crippen LogP contribution in [0.3, 0.4) is 0 Å². The molecule has 0 aliphatic rings. The van der Waals surface area contributed by atoms with Crippen molar-refractivity contribution < 1.29 is 13.0 Å². The lowest BCUT2D eigenvalue weighted by atomic mass is 9.91. The first-order chi connectivity index (χ1) is 16.5. The highest BCUT2D eigenvalue weighted by molar-refractivity contribution is 7.85. The van der Waals surface area contributed by atoms with Crippen LogP contribution in [0.1, 0.15) is 128 Å². The second kappa shape index (κ2) is 16.3. The molecule has 0 aromatic heterocycles. The van der Waals surface area contributed by atoms with Crippen molar-refractivity contribution in [3.63, 3.8) is 0 Å². The minimum Gasteiger partial charge on any atom is -0.282 e. The molecule has 0 amide bonds. The van der Waals surface area contributed by atoms with Crippen LogP contribution in [0.15, 0.2) is 35.2 Å². The monoisotopic (exact) mass is 488 g/mol. The van der Waals surface area contributed by atoms with E-state index in [2.05, 4.69) is 19.9 Å². The molecular weight excluding hydrogens is 440 g/mol. The fourth-order valence-corrected chi connectivity index (χ4v) is 5.51. The summed E-state index contributed by atoms with van der Waals surface area (Å²) in [6.45, 7) is 4.52. The molecule has 0 fully saturated rings. The fraction of sp³-hybridized carbons (Fsp3) is 0.667. The van der Waals surface area contributed by atoms with Gasteiger partial charge in [-0.1, -0.05) is 122 Å². The highest BCUT2D eigenvalue weighted by Crippen LogP contribution is 2.28. The molecule has 0 atom stereocenters. The van der Waals surface area contributed by atoms with E-state index < -0.39 is 10.1 Å². The molecule has 34 heavy (non-hydrogen) atoms. The number of fused-ring (bicyclic) bond motifs is 1. The van der Waals surface area contributed by atoms with Gasteiger partial charge in [-0.25, -0.2) is 0 Å². The molecule has 0 aliphatic carbocycles. The van der Waals surface area contributed by atoms with E-state index in [1.165, 1.54) is 114 Å². The second-order valence-corrected chi connectivity index (χ2v) is 11.4. The van der Waals surface area contributed by atoms with Gasteiger partial charge in [-0.2, -0.15) is 8.42 Å². The molecule has 0 radical (unpaired) electrons. The van der Waals surface area contributed by atoms with Crippen molar-refractivity contribution in [2.24, 2.45) is 0 Å². The Morgan fingerprint density at radius 2 is 1.12 bits per heavy atom. The Balaban J connectivity index is 1.99. The summed E-state index contributed by atoms with van der Waals surface area (Å²) in [6.07, 6.45) is 23.1. The molecule has 1 N–H and O–H groups in total. The third-order valence-corrected chi connectivity index (χ3v) is 7.93. The van der Waals surface area contributed by atoms with Gasteiger partial charge < -0.3 is 0 Å². The summed E-state index contributed by atoms with van der Waals surface area (Å²) >= 11 is 0. The minimum atomic E-state index is -4.18. The summed E-state index contributed by atoms with van der Waals surface area (Å²) in [4.78, 5) is -0.0196. The van der Waals surface area contributed by atoms with E-state index in [1.54, 1.807) is 12.1 Å². The second-order valence-electron chi connectivity index (χ2n) is 10.0. The van der Waals surface area contributed by atoms with Gasteiger partial charge in [0, 0.05) is 0 Å². The highest BCUT2D eigenvalue weighted by atomic mass is 32.2. The van der Waals surface area contributed by atoms with E-state index in [0.717, 1.165) is 23.6 Å². The highest BCUT2D eigenvalue weighted by Gasteiger charge is 2.13. The molecule has 0 aliphatic heterocycles. The number of hydrogen-bond acceptors (Lipinski definition) is 2. The number of unbranched alkanes of at least 4 members (excludes halogenated alkanes) is 14. The minimum absolute atomic E-state index is 0.0196. The van der Waals surface area contributed by atoms with Crippen LogP contribution in [0, 0.1) is 0 Å². The summed E-state index contributed by atoms with van der Waals surface area (Å²) in [5.74, 6) is 0. The largest absolute Gasteiger partial charge is 0.294 e. The van der Waals surface area contributed by atoms with E-state index in [9.17, 15) is 13.0 Å². The zero-order chi connectivity index (χ0) is 24.7. The van der Waals surface area contributed by atoms with E-state index in [0.29, 0.717) is 0 Å². The molecule has 0 saturated heterocycles. The number of rotatable bonds is 19. The average molecular weight is 489 g/mol. The number of aryl methyl sites for hydroxylation is 2. The van der Waals surface area contributed by atoms with E-state index >= 15 is 0 Å². The molecule has 0 saturated carbocycles. The van der Waals surface area contributed by atoms with Crippen LogP contribution >= 0.6 is 0 Å². The van der Waals surface area contributed by atoms with Crippen molar-refractivity contribution in [1.82, 2.24) is 0 Å². The Morgan fingerprint density at radius 3 is 1.65 bits per heavy atom. The lowest BCUT2D eigenvalue weighted by molar-refractivity contribution is 0.483. The van der Waals surface area contributed by atoms with Crippen molar-refractivity contribution in [3.8, 4) is 0 Å². The smallest absolute Gasteiger partial charge is 0.282 e. The predicted molar refractivity (Wildman–Crippen MR) is 146 cm³/mol. The maximum absolute atomic E-state index is 11.6. The first-order valence-electron chi connectivity index (χ1n) is 14.0. The summed E-state index contributed by atoms with van der Waals surface area (Å²) in [5, 5.41) is 2.05. The third kappa shape index (κ3) is 10.5. The van der Waals surface area contributed by atoms with Crippen LogP contribution in [-0.4, -0.2) is 13.0 Å². The van der Waals surface area contributed by atoms with Crippen molar-refractivity contribution in [3.05, 3.63) is 41.5 Å². The molecule has 0 unspecified atom stereocenters. The van der Waals surface area contributed by atoms with E-state index in [1.807, 2.05) is 12.1 Å². The van der Waals surface area contributed by atoms with Gasteiger partial charge in [0.05, 0.1) is 4.90 Å². The average Bonchev–Trinajstić information content (AvgIpc) is 2.82. The molecule has 3 nitrogen and oxygen atoms in total. The van der Waals surface area contributed by atoms with Gasteiger partial charge in [0.2, 0.25) is 0 Å². The quantitative estimate of drug-likeness (QED) is 0.158. The summed E-state index contributed by atoms with van der Waals surface area (Å²) < 4.78 is 32.7. The molecule has 0 heterocycles. The third-order valence-electron chi connectivity index (χ3n) is 7.08. The van der Waals surface area contributed by atoms with Gasteiger partial charge >= 0.3 is 0 Å². The maximum atomic E-state index is 11.6. The van der Waals surface area contributed by atoms with Gasteiger partial charge in [-0.3, -0.25) is 4.55 Å². The maximum Gasteiger partial charge on any atom is 0.294 e. The first-order valence-corrected chi connectivity index (χ1v) is 15.4. The zero-order valence-corrected chi connectivity index (χ0v) is 22.6. The molecular formula is C30H48O3S. The van der Waals surface area contributed by atoms with Gasteiger partial charge in [0.25, 0.3) is 10.1 Å². The van der Waals surface area contributed by atoms with Gasteiger partial charge in [0.1, 0.15) is 0 Å². The number of benzene rings is 2. The van der Waals surface area contributed by atoms with Crippen molar-refractivity contribution >= 4 is 20.9 Å². The topological polar surface area (TPSA) is 54.4 Å². The Morgan fingerprint density at radius 1 is 0.618 bits per heavy atom. The van der Waals surface area contributed by atoms with Crippen LogP contribution < -0.4 is 0 Å². The fourth-order valence-electron chi connectivity index (χ4n) is 4.99. The molecule has 2 aromatic carbocycles. The van der Waals surface area contributed by atoms with Gasteiger partial charge in [-0.05, 0) is 59.7 Å². The SMILES string of the molecule is CCCCCCCCCCc1ccc2cc(S(=O)(=O)O)ccc2c1CCCCCCCCCC. The molecule has 0 spiro atoms. The van der Waals surface area contributed by atoms with Crippen molar-refractivity contribution in [2.75, 3.05) is 0 Å². The molecule has 2 aromatic rings. The molecule has 4 heteroatoms. The Bertz CT molecular complexity index is 933. The van der Waals surface area contributed by atoms with Gasteiger partial charge in [-0.15, -0.1) is 0 Å². The molecule has 2 rings (SSSR count). The Labute approximate surface area is 209 Å². The van der Waals surface area contributed by atoms with E-state index in [4.69, 9.17) is 0 Å². The van der Waals surface area contributed by atoms with Gasteiger partial charge in [0.15, 0.2) is 0 Å². The van der Waals surface area contributed by atoms with Crippen LogP contribution in [0.2, 0.25) is 0 Å². The molecule has 0 bridgehead atoms. The first kappa shape index (κ1) is 28.8. The summed E-state index contributed by atoms with van der Waals surface area (Å²) in [7, 11) is -4.18. The lowest BCUT2D eigenvalue weighted by Crippen LogP contribution is -2.00. The van der Waals surface area contributed by atoms with Crippen LogP contribution in [0.25, 0.3) is 10.8 Å². The van der Waals surface area contributed by atoms with Crippen molar-refractivity contribution in [2.45, 2.75) is 134 Å². The van der Waals surface area contributed by atoms with Crippen LogP contribution in [0.5, 0.6) is 0 Å². The Kier molecular flexibility index (Phi) is 13.8. The summed E-state index contributed by atoms with van der Waals surface area (Å²) in [6, 6.07) is 9.28. The summed E-state index contributed by atoms with van der Waals surface area (Å²) in [5.41, 5.74) is 2.80. The van der Waals surface area contributed by atoms with Crippen LogP contribution in [-0.2, 0) is 23.0 Å². The zero-order valence-electron chi connectivity index (χ0n) is 21.8. The number of hydrogen-bond donors (Lipinski definition) is 1.